The lowest BCUT2D eigenvalue weighted by molar-refractivity contribution is 0.0555. The van der Waals surface area contributed by atoms with E-state index in [2.05, 4.69) is 13.8 Å². The predicted octanol–water partition coefficient (Wildman–Crippen LogP) is 11.7. The molecule has 0 bridgehead atoms. The molecular weight excluding hydrogens is 712 g/mol. The normalized spacial score (nSPS) is 11.1. The van der Waals surface area contributed by atoms with Crippen molar-refractivity contribution in [3.63, 3.8) is 0 Å². The van der Waals surface area contributed by atoms with Gasteiger partial charge in [0.15, 0.2) is 0 Å². The van der Waals surface area contributed by atoms with Crippen LogP contribution in [0.15, 0.2) is 24.3 Å². The molecule has 0 heterocycles. The van der Waals surface area contributed by atoms with E-state index in [1.807, 2.05) is 0 Å². The average Bonchev–Trinajstić information content (AvgIpc) is 3.22. The molecule has 0 aliphatic heterocycles. The average molecular weight is 779 g/mol. The number of carbonyl (C=O) groups is 4. The molecule has 10 heteroatoms. The maximum atomic E-state index is 13.1. The maximum Gasteiger partial charge on any atom is 0.338 e. The Balaban J connectivity index is 2.07. The topological polar surface area (TPSA) is 124 Å². The number of carbonyl (C=O) groups excluding carboxylic acids is 4. The molecule has 10 nitrogen and oxygen atoms in total. The summed E-state index contributed by atoms with van der Waals surface area (Å²) in [6, 6.07) is 6.22. The van der Waals surface area contributed by atoms with Gasteiger partial charge in [0, 0.05) is 21.5 Å². The summed E-state index contributed by atoms with van der Waals surface area (Å²) < 4.78 is 33.5. The summed E-state index contributed by atoms with van der Waals surface area (Å²) in [5.74, 6) is -2.15. The molecule has 0 spiro atoms. The molecule has 0 N–H and O–H groups in total. The zero-order valence-electron chi connectivity index (χ0n) is 34.9. The van der Waals surface area contributed by atoms with Gasteiger partial charge in [-0.15, -0.1) is 0 Å². The van der Waals surface area contributed by atoms with Gasteiger partial charge in [0.2, 0.25) is 0 Å². The third kappa shape index (κ3) is 13.4. The lowest BCUT2D eigenvalue weighted by atomic mass is 9.92. The summed E-state index contributed by atoms with van der Waals surface area (Å²) in [4.78, 5) is 52.5. The first-order chi connectivity index (χ1) is 27.3. The van der Waals surface area contributed by atoms with Crippen LogP contribution in [0.25, 0.3) is 21.5 Å². The van der Waals surface area contributed by atoms with Gasteiger partial charge in [0.05, 0.1) is 63.9 Å². The van der Waals surface area contributed by atoms with Crippen LogP contribution in [0.3, 0.4) is 0 Å². The van der Waals surface area contributed by atoms with Gasteiger partial charge in [0.25, 0.3) is 0 Å². The highest BCUT2D eigenvalue weighted by Crippen LogP contribution is 2.45. The lowest BCUT2D eigenvalue weighted by Gasteiger charge is -2.21. The van der Waals surface area contributed by atoms with Crippen LogP contribution in [0, 0.1) is 0 Å². The van der Waals surface area contributed by atoms with E-state index >= 15 is 0 Å². The largest absolute Gasteiger partial charge is 0.492 e. The smallest absolute Gasteiger partial charge is 0.338 e. The molecule has 0 saturated heterocycles. The number of hydrogen-bond donors (Lipinski definition) is 0. The highest BCUT2D eigenvalue weighted by atomic mass is 16.5. The second-order valence-electron chi connectivity index (χ2n) is 14.6. The molecule has 3 rings (SSSR count). The minimum absolute atomic E-state index is 0.00463. The van der Waals surface area contributed by atoms with Crippen molar-refractivity contribution in [2.24, 2.45) is 0 Å². The van der Waals surface area contributed by atoms with Crippen molar-refractivity contribution in [2.75, 3.05) is 41.7 Å². The standard InChI is InChI=1S/C46H66O10/c1-7-9-11-13-15-17-19-21-23-25-27-55-41-33-29-37(43(47)51-3)39(45(49)53-5)31-35(33)42(56-28-26-24-22-20-18-16-14-12-10-8-2)36-32-40(46(50)54-6)38(30-34(36)41)44(48)52-4/h29-32H,7-28H2,1-6H3. The summed E-state index contributed by atoms with van der Waals surface area (Å²) in [6.45, 7) is 5.17. The molecule has 0 saturated carbocycles. The Kier molecular flexibility index (Phi) is 21.2. The molecule has 3 aromatic carbocycles. The number of fused-ring (bicyclic) bond motifs is 2. The monoisotopic (exact) mass is 778 g/mol. The second kappa shape index (κ2) is 25.7. The Hall–Kier alpha value is -4.34. The number of hydrogen-bond acceptors (Lipinski definition) is 10. The van der Waals surface area contributed by atoms with Crippen molar-refractivity contribution in [3.8, 4) is 11.5 Å². The zero-order chi connectivity index (χ0) is 40.7. The van der Waals surface area contributed by atoms with E-state index in [1.54, 1.807) is 24.3 Å². The Labute approximate surface area is 334 Å². The Morgan fingerprint density at radius 1 is 0.357 bits per heavy atom. The fraction of sp³-hybridized carbons (Fsp3) is 0.609. The molecule has 3 aromatic rings. The third-order valence-electron chi connectivity index (χ3n) is 10.4. The molecule has 0 fully saturated rings. The maximum absolute atomic E-state index is 13.1. The lowest BCUT2D eigenvalue weighted by Crippen LogP contribution is -2.14. The van der Waals surface area contributed by atoms with E-state index in [4.69, 9.17) is 28.4 Å². The number of benzene rings is 3. The van der Waals surface area contributed by atoms with Crippen LogP contribution in [-0.4, -0.2) is 65.5 Å². The number of rotatable bonds is 28. The third-order valence-corrected chi connectivity index (χ3v) is 10.4. The van der Waals surface area contributed by atoms with Crippen LogP contribution in [0.5, 0.6) is 11.5 Å². The van der Waals surface area contributed by atoms with Crippen molar-refractivity contribution in [1.29, 1.82) is 0 Å². The van der Waals surface area contributed by atoms with E-state index in [0.717, 1.165) is 38.5 Å². The van der Waals surface area contributed by atoms with E-state index in [0.29, 0.717) is 46.3 Å². The minimum atomic E-state index is -0.725. The van der Waals surface area contributed by atoms with Crippen molar-refractivity contribution < 1.29 is 47.6 Å². The fourth-order valence-electron chi connectivity index (χ4n) is 7.19. The van der Waals surface area contributed by atoms with Gasteiger partial charge < -0.3 is 28.4 Å². The first kappa shape index (κ1) is 46.0. The molecule has 0 aromatic heterocycles. The summed E-state index contributed by atoms with van der Waals surface area (Å²) in [6.07, 6.45) is 23.2. The molecule has 0 amide bonds. The summed E-state index contributed by atoms with van der Waals surface area (Å²) in [5, 5.41) is 1.93. The zero-order valence-corrected chi connectivity index (χ0v) is 34.9. The van der Waals surface area contributed by atoms with Crippen LogP contribution < -0.4 is 9.47 Å². The van der Waals surface area contributed by atoms with Gasteiger partial charge in [-0.3, -0.25) is 0 Å². The van der Waals surface area contributed by atoms with Crippen LogP contribution in [-0.2, 0) is 18.9 Å². The summed E-state index contributed by atoms with van der Waals surface area (Å²) in [7, 11) is 4.98. The van der Waals surface area contributed by atoms with Crippen LogP contribution in [0.4, 0.5) is 0 Å². The summed E-state index contributed by atoms with van der Waals surface area (Å²) in [5.41, 5.74) is -0.0185. The second-order valence-corrected chi connectivity index (χ2v) is 14.6. The molecule has 310 valence electrons. The minimum Gasteiger partial charge on any atom is -0.492 e. The Morgan fingerprint density at radius 3 is 0.786 bits per heavy atom. The molecule has 0 aliphatic rings. The van der Waals surface area contributed by atoms with Gasteiger partial charge in [-0.25, -0.2) is 19.2 Å². The molecule has 0 unspecified atom stereocenters. The van der Waals surface area contributed by atoms with E-state index in [9.17, 15) is 19.2 Å². The van der Waals surface area contributed by atoms with Crippen molar-refractivity contribution in [1.82, 2.24) is 0 Å². The van der Waals surface area contributed by atoms with Crippen molar-refractivity contribution >= 4 is 45.4 Å². The van der Waals surface area contributed by atoms with E-state index in [1.165, 1.54) is 118 Å². The van der Waals surface area contributed by atoms with Gasteiger partial charge >= 0.3 is 23.9 Å². The Bertz CT molecular complexity index is 1490. The van der Waals surface area contributed by atoms with Gasteiger partial charge in [-0.2, -0.15) is 0 Å². The van der Waals surface area contributed by atoms with Crippen molar-refractivity contribution in [2.45, 2.75) is 142 Å². The van der Waals surface area contributed by atoms with Gasteiger partial charge in [-0.1, -0.05) is 129 Å². The Morgan fingerprint density at radius 2 is 0.571 bits per heavy atom. The summed E-state index contributed by atoms with van der Waals surface area (Å²) >= 11 is 0. The van der Waals surface area contributed by atoms with Crippen LogP contribution >= 0.6 is 0 Å². The number of ether oxygens (including phenoxy) is 6. The number of methoxy groups -OCH3 is 4. The molecule has 56 heavy (non-hydrogen) atoms. The van der Waals surface area contributed by atoms with Crippen molar-refractivity contribution in [3.05, 3.63) is 46.5 Å². The van der Waals surface area contributed by atoms with Gasteiger partial charge in [0.1, 0.15) is 11.5 Å². The van der Waals surface area contributed by atoms with Crippen LogP contribution in [0.2, 0.25) is 0 Å². The van der Waals surface area contributed by atoms with Gasteiger partial charge in [-0.05, 0) is 37.1 Å². The fourth-order valence-corrected chi connectivity index (χ4v) is 7.19. The van der Waals surface area contributed by atoms with E-state index in [-0.39, 0.29) is 22.3 Å². The quantitative estimate of drug-likeness (QED) is 0.0304. The first-order valence-corrected chi connectivity index (χ1v) is 21.0. The van der Waals surface area contributed by atoms with E-state index < -0.39 is 23.9 Å². The highest BCUT2D eigenvalue weighted by molar-refractivity contribution is 6.18. The molecule has 0 atom stereocenters. The molecule has 0 radical (unpaired) electrons. The number of unbranched alkanes of at least 4 members (excludes halogenated alkanes) is 18. The molecule has 0 aliphatic carbocycles. The number of esters is 4. The SMILES string of the molecule is CCCCCCCCCCCCOc1c2cc(C(=O)OC)c(C(=O)OC)cc2c(OCCCCCCCCCCCC)c2cc(C(=O)OC)c(C(=O)OC)cc12. The first-order valence-electron chi connectivity index (χ1n) is 21.0. The van der Waals surface area contributed by atoms with Crippen LogP contribution in [0.1, 0.15) is 184 Å². The predicted molar refractivity (Wildman–Crippen MR) is 221 cm³/mol. The highest BCUT2D eigenvalue weighted by Gasteiger charge is 2.28. The molecular formula is C46H66O10.